The first-order chi connectivity index (χ1) is 19.3. The van der Waals surface area contributed by atoms with Crippen LogP contribution in [-0.2, 0) is 20.8 Å². The van der Waals surface area contributed by atoms with Gasteiger partial charge in [-0.15, -0.1) is 0 Å². The number of nitrogens with one attached hydrogen (secondary N) is 1. The molecule has 2 aromatic carbocycles. The molecule has 3 aliphatic heterocycles. The van der Waals surface area contributed by atoms with Gasteiger partial charge in [0.25, 0.3) is 11.8 Å². The van der Waals surface area contributed by atoms with E-state index in [1.165, 1.54) is 12.1 Å². The van der Waals surface area contributed by atoms with Crippen LogP contribution in [0.1, 0.15) is 52.0 Å². The average Bonchev–Trinajstić information content (AvgIpc) is 3.08. The van der Waals surface area contributed by atoms with E-state index in [1.807, 2.05) is 0 Å². The molecular formula is C29H31FN4O6. The van der Waals surface area contributed by atoms with Crippen molar-refractivity contribution in [1.82, 2.24) is 20.0 Å². The number of fused-ring (bicyclic) bond motifs is 1. The number of amides is 5. The van der Waals surface area contributed by atoms with Crippen LogP contribution in [0, 0.1) is 5.82 Å². The van der Waals surface area contributed by atoms with Crippen molar-refractivity contribution in [2.45, 2.75) is 38.1 Å². The molecule has 2 fully saturated rings. The summed E-state index contributed by atoms with van der Waals surface area (Å²) in [7, 11) is 0. The summed E-state index contributed by atoms with van der Waals surface area (Å²) in [5, 5.41) is 2.19. The maximum absolute atomic E-state index is 13.9. The standard InChI is InChI=1S/C29H31FN4O6/c30-21-8-2-1-6-19(21)18-25(36)33-14-4-12-32(15-16-33)13-5-17-40-23-9-3-7-20-26(23)29(39)34(28(20)38)22-10-11-24(35)31-27(22)37/h1-3,6-9,22H,4-5,10-18H2,(H,31,35,37). The molecule has 0 spiro atoms. The minimum absolute atomic E-state index is 0.0457. The quantitative estimate of drug-likeness (QED) is 0.393. The van der Waals surface area contributed by atoms with Gasteiger partial charge in [0.15, 0.2) is 0 Å². The van der Waals surface area contributed by atoms with Gasteiger partial charge >= 0.3 is 0 Å². The fraction of sp³-hybridized carbons (Fsp3) is 0.414. The predicted octanol–water partition coefficient (Wildman–Crippen LogP) is 1.77. The van der Waals surface area contributed by atoms with Crippen molar-refractivity contribution >= 4 is 29.5 Å². The van der Waals surface area contributed by atoms with Gasteiger partial charge in [0.1, 0.15) is 17.6 Å². The molecule has 0 aromatic heterocycles. The number of halogens is 1. The van der Waals surface area contributed by atoms with Crippen LogP contribution in [-0.4, -0.2) is 89.6 Å². The molecule has 3 heterocycles. The number of rotatable bonds is 8. The summed E-state index contributed by atoms with van der Waals surface area (Å²) in [4.78, 5) is 67.7. The molecule has 40 heavy (non-hydrogen) atoms. The Balaban J connectivity index is 1.12. The zero-order valence-corrected chi connectivity index (χ0v) is 22.1. The van der Waals surface area contributed by atoms with Crippen LogP contribution in [0.2, 0.25) is 0 Å². The van der Waals surface area contributed by atoms with Crippen LogP contribution in [0.15, 0.2) is 42.5 Å². The molecule has 2 saturated heterocycles. The van der Waals surface area contributed by atoms with Crippen molar-refractivity contribution in [2.75, 3.05) is 39.3 Å². The van der Waals surface area contributed by atoms with E-state index in [1.54, 1.807) is 35.2 Å². The van der Waals surface area contributed by atoms with Crippen LogP contribution < -0.4 is 10.1 Å². The minimum atomic E-state index is -1.03. The highest BCUT2D eigenvalue weighted by atomic mass is 19.1. The Morgan fingerprint density at radius 1 is 0.975 bits per heavy atom. The van der Waals surface area contributed by atoms with Crippen LogP contribution in [0.5, 0.6) is 5.75 Å². The Morgan fingerprint density at radius 2 is 1.80 bits per heavy atom. The average molecular weight is 551 g/mol. The zero-order valence-electron chi connectivity index (χ0n) is 22.1. The van der Waals surface area contributed by atoms with Gasteiger partial charge in [-0.1, -0.05) is 24.3 Å². The number of carbonyl (C=O) groups excluding carboxylic acids is 5. The van der Waals surface area contributed by atoms with Gasteiger partial charge in [-0.3, -0.25) is 34.2 Å². The summed E-state index contributed by atoms with van der Waals surface area (Å²) in [6, 6.07) is 10.1. The summed E-state index contributed by atoms with van der Waals surface area (Å²) in [5.74, 6) is -2.42. The van der Waals surface area contributed by atoms with Gasteiger partial charge in [0, 0.05) is 32.6 Å². The fourth-order valence-electron chi connectivity index (χ4n) is 5.43. The zero-order chi connectivity index (χ0) is 28.2. The molecule has 1 unspecified atom stereocenters. The molecule has 5 amide bonds. The lowest BCUT2D eigenvalue weighted by atomic mass is 10.0. The fourth-order valence-corrected chi connectivity index (χ4v) is 5.43. The van der Waals surface area contributed by atoms with E-state index < -0.39 is 29.7 Å². The first-order valence-corrected chi connectivity index (χ1v) is 13.5. The van der Waals surface area contributed by atoms with E-state index in [9.17, 15) is 28.4 Å². The number of benzene rings is 2. The third kappa shape index (κ3) is 5.74. The highest BCUT2D eigenvalue weighted by Crippen LogP contribution is 2.33. The van der Waals surface area contributed by atoms with Crippen LogP contribution >= 0.6 is 0 Å². The maximum Gasteiger partial charge on any atom is 0.266 e. The highest BCUT2D eigenvalue weighted by Gasteiger charge is 2.46. The Bertz CT molecular complexity index is 1350. The molecule has 11 heteroatoms. The van der Waals surface area contributed by atoms with Crippen LogP contribution in [0.4, 0.5) is 4.39 Å². The molecule has 1 atom stereocenters. The molecular weight excluding hydrogens is 519 g/mol. The number of ether oxygens (including phenoxy) is 1. The second-order valence-corrected chi connectivity index (χ2v) is 10.2. The Kier molecular flexibility index (Phi) is 8.20. The van der Waals surface area contributed by atoms with Crippen LogP contribution in [0.3, 0.4) is 0 Å². The summed E-state index contributed by atoms with van der Waals surface area (Å²) < 4.78 is 19.9. The number of hydrogen-bond donors (Lipinski definition) is 1. The van der Waals surface area contributed by atoms with E-state index in [2.05, 4.69) is 10.2 Å². The normalized spacial score (nSPS) is 19.9. The highest BCUT2D eigenvalue weighted by molar-refractivity contribution is 6.24. The van der Waals surface area contributed by atoms with Crippen molar-refractivity contribution in [3.8, 4) is 5.75 Å². The van der Waals surface area contributed by atoms with Gasteiger partial charge in [-0.2, -0.15) is 0 Å². The second-order valence-electron chi connectivity index (χ2n) is 10.2. The van der Waals surface area contributed by atoms with Crippen molar-refractivity contribution in [2.24, 2.45) is 0 Å². The molecule has 0 saturated carbocycles. The van der Waals surface area contributed by atoms with E-state index in [0.717, 1.165) is 24.4 Å². The van der Waals surface area contributed by atoms with Crippen molar-refractivity contribution in [3.63, 3.8) is 0 Å². The van der Waals surface area contributed by atoms with E-state index in [0.29, 0.717) is 38.2 Å². The first-order valence-electron chi connectivity index (χ1n) is 13.5. The van der Waals surface area contributed by atoms with E-state index in [-0.39, 0.29) is 47.9 Å². The summed E-state index contributed by atoms with van der Waals surface area (Å²) in [5.41, 5.74) is 0.717. The largest absolute Gasteiger partial charge is 0.493 e. The number of nitrogens with zero attached hydrogens (tertiary/aromatic N) is 3. The first kappa shape index (κ1) is 27.4. The molecule has 3 aliphatic rings. The number of carbonyl (C=O) groups is 5. The van der Waals surface area contributed by atoms with Gasteiger partial charge < -0.3 is 14.5 Å². The summed E-state index contributed by atoms with van der Waals surface area (Å²) in [6.45, 7) is 3.72. The monoisotopic (exact) mass is 550 g/mol. The van der Waals surface area contributed by atoms with Gasteiger partial charge in [-0.25, -0.2) is 4.39 Å². The molecule has 10 nitrogen and oxygen atoms in total. The number of hydrogen-bond acceptors (Lipinski definition) is 7. The Hall–Kier alpha value is -4.12. The predicted molar refractivity (Wildman–Crippen MR) is 141 cm³/mol. The summed E-state index contributed by atoms with van der Waals surface area (Å²) >= 11 is 0. The Labute approximate surface area is 231 Å². The number of imide groups is 2. The van der Waals surface area contributed by atoms with Gasteiger partial charge in [0.2, 0.25) is 17.7 Å². The van der Waals surface area contributed by atoms with Crippen LogP contribution in [0.25, 0.3) is 0 Å². The molecule has 1 N–H and O–H groups in total. The van der Waals surface area contributed by atoms with E-state index in [4.69, 9.17) is 4.74 Å². The number of piperidine rings is 1. The van der Waals surface area contributed by atoms with E-state index >= 15 is 0 Å². The van der Waals surface area contributed by atoms with Gasteiger partial charge in [-0.05, 0) is 49.6 Å². The molecule has 0 bridgehead atoms. The molecule has 210 valence electrons. The van der Waals surface area contributed by atoms with Crippen molar-refractivity contribution in [1.29, 1.82) is 0 Å². The Morgan fingerprint density at radius 3 is 2.60 bits per heavy atom. The summed E-state index contributed by atoms with van der Waals surface area (Å²) in [6.07, 6.45) is 1.66. The third-order valence-electron chi connectivity index (χ3n) is 7.55. The lowest BCUT2D eigenvalue weighted by Gasteiger charge is -2.27. The van der Waals surface area contributed by atoms with Crippen molar-refractivity contribution in [3.05, 3.63) is 65.0 Å². The lowest BCUT2D eigenvalue weighted by molar-refractivity contribution is -0.136. The lowest BCUT2D eigenvalue weighted by Crippen LogP contribution is -2.54. The molecule has 5 rings (SSSR count). The third-order valence-corrected chi connectivity index (χ3v) is 7.55. The minimum Gasteiger partial charge on any atom is -0.493 e. The second kappa shape index (κ2) is 12.0. The molecule has 0 radical (unpaired) electrons. The SMILES string of the molecule is O=C1CCC(N2C(=O)c3cccc(OCCCN4CCCN(C(=O)Cc5ccccc5F)CC4)c3C2=O)C(=O)N1. The van der Waals surface area contributed by atoms with Gasteiger partial charge in [0.05, 0.1) is 24.2 Å². The molecule has 2 aromatic rings. The molecule has 0 aliphatic carbocycles. The smallest absolute Gasteiger partial charge is 0.266 e. The van der Waals surface area contributed by atoms with Crippen molar-refractivity contribution < 1.29 is 33.1 Å². The maximum atomic E-state index is 13.9. The topological polar surface area (TPSA) is 116 Å².